The van der Waals surface area contributed by atoms with Crippen LogP contribution >= 0.6 is 15.9 Å². The second kappa shape index (κ2) is 4.50. The lowest BCUT2D eigenvalue weighted by atomic mass is 10.3. The number of nitrogens with one attached hydrogen (secondary N) is 2. The zero-order chi connectivity index (χ0) is 10.7. The van der Waals surface area contributed by atoms with Gasteiger partial charge in [-0.15, -0.1) is 0 Å². The molecule has 7 heteroatoms. The van der Waals surface area contributed by atoms with Crippen LogP contribution in [0.3, 0.4) is 0 Å². The SMILES string of the molecule is CC(Nc1nc[nH]c(=O)c1Br)C(F)F. The molecule has 0 aromatic carbocycles. The molecule has 1 aromatic heterocycles. The quantitative estimate of drug-likeness (QED) is 0.875. The van der Waals surface area contributed by atoms with Crippen molar-refractivity contribution in [3.05, 3.63) is 21.2 Å². The molecule has 0 radical (unpaired) electrons. The molecule has 0 aliphatic heterocycles. The van der Waals surface area contributed by atoms with Crippen molar-refractivity contribution >= 4 is 21.7 Å². The molecule has 0 fully saturated rings. The Balaban J connectivity index is 2.87. The van der Waals surface area contributed by atoms with Crippen LogP contribution in [0.25, 0.3) is 0 Å². The molecular formula is C7H8BrF2N3O. The monoisotopic (exact) mass is 267 g/mol. The summed E-state index contributed by atoms with van der Waals surface area (Å²) in [6.45, 7) is 1.31. The summed E-state index contributed by atoms with van der Waals surface area (Å²) < 4.78 is 24.4. The van der Waals surface area contributed by atoms with Crippen LogP contribution in [-0.4, -0.2) is 22.4 Å². The van der Waals surface area contributed by atoms with Crippen molar-refractivity contribution in [1.29, 1.82) is 0 Å². The molecule has 1 heterocycles. The van der Waals surface area contributed by atoms with Crippen LogP contribution in [0.1, 0.15) is 6.92 Å². The Morgan fingerprint density at radius 2 is 2.29 bits per heavy atom. The van der Waals surface area contributed by atoms with Crippen LogP contribution in [0.15, 0.2) is 15.6 Å². The Kier molecular flexibility index (Phi) is 3.56. The lowest BCUT2D eigenvalue weighted by molar-refractivity contribution is 0.130. The van der Waals surface area contributed by atoms with E-state index >= 15 is 0 Å². The van der Waals surface area contributed by atoms with Gasteiger partial charge in [0.1, 0.15) is 10.3 Å². The lowest BCUT2D eigenvalue weighted by Crippen LogP contribution is -2.26. The number of aromatic nitrogens is 2. The van der Waals surface area contributed by atoms with E-state index in [1.807, 2.05) is 0 Å². The van der Waals surface area contributed by atoms with Crippen molar-refractivity contribution in [2.75, 3.05) is 5.32 Å². The maximum atomic E-state index is 12.2. The molecule has 4 nitrogen and oxygen atoms in total. The van der Waals surface area contributed by atoms with Gasteiger partial charge in [0.05, 0.1) is 12.4 Å². The minimum Gasteiger partial charge on any atom is -0.361 e. The largest absolute Gasteiger partial charge is 0.361 e. The van der Waals surface area contributed by atoms with Crippen molar-refractivity contribution in [3.8, 4) is 0 Å². The molecular weight excluding hydrogens is 260 g/mol. The number of anilines is 1. The van der Waals surface area contributed by atoms with Gasteiger partial charge in [0.25, 0.3) is 12.0 Å². The van der Waals surface area contributed by atoms with Crippen LogP contribution in [0.5, 0.6) is 0 Å². The number of aromatic amines is 1. The Hall–Kier alpha value is -0.980. The van der Waals surface area contributed by atoms with Gasteiger partial charge in [0.2, 0.25) is 0 Å². The Morgan fingerprint density at radius 3 is 2.86 bits per heavy atom. The molecule has 0 spiro atoms. The highest BCUT2D eigenvalue weighted by Crippen LogP contribution is 2.15. The first-order chi connectivity index (χ1) is 6.52. The Labute approximate surface area is 86.9 Å². The number of H-pyrrole nitrogens is 1. The lowest BCUT2D eigenvalue weighted by Gasteiger charge is -2.13. The van der Waals surface area contributed by atoms with Gasteiger partial charge < -0.3 is 10.3 Å². The molecule has 14 heavy (non-hydrogen) atoms. The standard InChI is InChI=1S/C7H8BrF2N3O/c1-3(5(9)10)13-6-4(8)7(14)12-2-11-6/h2-3,5H,1H3,(H2,11,12,13,14). The third-order valence-corrected chi connectivity index (χ3v) is 2.27. The first kappa shape index (κ1) is 11.1. The molecule has 1 rings (SSSR count). The fraction of sp³-hybridized carbons (Fsp3) is 0.429. The first-order valence-corrected chi connectivity index (χ1v) is 4.59. The van der Waals surface area contributed by atoms with Crippen molar-refractivity contribution < 1.29 is 8.78 Å². The topological polar surface area (TPSA) is 57.8 Å². The maximum absolute atomic E-state index is 12.2. The summed E-state index contributed by atoms with van der Waals surface area (Å²) >= 11 is 2.94. The molecule has 0 saturated carbocycles. The van der Waals surface area contributed by atoms with E-state index in [2.05, 4.69) is 31.2 Å². The Morgan fingerprint density at radius 1 is 1.64 bits per heavy atom. The summed E-state index contributed by atoms with van der Waals surface area (Å²) in [5.41, 5.74) is -0.413. The van der Waals surface area contributed by atoms with Crippen LogP contribution in [0, 0.1) is 0 Å². The minimum absolute atomic E-state index is 0.113. The van der Waals surface area contributed by atoms with Crippen molar-refractivity contribution in [2.45, 2.75) is 19.4 Å². The second-order valence-electron chi connectivity index (χ2n) is 2.66. The van der Waals surface area contributed by atoms with E-state index in [1.54, 1.807) is 0 Å². The summed E-state index contributed by atoms with van der Waals surface area (Å²) in [5, 5.41) is 2.42. The number of halogens is 3. The fourth-order valence-corrected chi connectivity index (χ4v) is 1.09. The van der Waals surface area contributed by atoms with Gasteiger partial charge in [-0.05, 0) is 22.9 Å². The zero-order valence-electron chi connectivity index (χ0n) is 7.22. The van der Waals surface area contributed by atoms with Crippen LogP contribution in [0.2, 0.25) is 0 Å². The molecule has 0 amide bonds. The van der Waals surface area contributed by atoms with Crippen LogP contribution < -0.4 is 10.9 Å². The summed E-state index contributed by atoms with van der Waals surface area (Å²) in [7, 11) is 0. The van der Waals surface area contributed by atoms with E-state index in [9.17, 15) is 13.6 Å². The average molecular weight is 268 g/mol. The normalized spacial score (nSPS) is 12.9. The van der Waals surface area contributed by atoms with E-state index in [-0.39, 0.29) is 10.3 Å². The number of alkyl halides is 2. The molecule has 1 atom stereocenters. The minimum atomic E-state index is -2.51. The van der Waals surface area contributed by atoms with Crippen molar-refractivity contribution in [3.63, 3.8) is 0 Å². The number of hydrogen-bond acceptors (Lipinski definition) is 3. The molecule has 0 aliphatic carbocycles. The number of hydrogen-bond donors (Lipinski definition) is 2. The summed E-state index contributed by atoms with van der Waals surface area (Å²) in [6.07, 6.45) is -1.36. The predicted octanol–water partition coefficient (Wildman–Crippen LogP) is 1.60. The predicted molar refractivity (Wildman–Crippen MR) is 51.6 cm³/mol. The van der Waals surface area contributed by atoms with Gasteiger partial charge in [-0.1, -0.05) is 0 Å². The third-order valence-electron chi connectivity index (χ3n) is 1.54. The van der Waals surface area contributed by atoms with Gasteiger partial charge in [-0.2, -0.15) is 0 Å². The van der Waals surface area contributed by atoms with Crippen LogP contribution in [-0.2, 0) is 0 Å². The summed E-state index contributed by atoms with van der Waals surface area (Å²) in [4.78, 5) is 17.0. The van der Waals surface area contributed by atoms with Gasteiger partial charge in [0.15, 0.2) is 0 Å². The molecule has 2 N–H and O–H groups in total. The second-order valence-corrected chi connectivity index (χ2v) is 3.45. The molecule has 78 valence electrons. The number of nitrogens with zero attached hydrogens (tertiary/aromatic N) is 1. The third kappa shape index (κ3) is 2.50. The van der Waals surface area contributed by atoms with Gasteiger partial charge in [0, 0.05) is 0 Å². The molecule has 0 bridgehead atoms. The molecule has 0 aliphatic rings. The average Bonchev–Trinajstić information content (AvgIpc) is 2.12. The van der Waals surface area contributed by atoms with E-state index in [1.165, 1.54) is 6.92 Å². The van der Waals surface area contributed by atoms with Gasteiger partial charge in [-0.3, -0.25) is 4.79 Å². The maximum Gasteiger partial charge on any atom is 0.267 e. The smallest absolute Gasteiger partial charge is 0.267 e. The Bertz CT molecular complexity index is 368. The van der Waals surface area contributed by atoms with E-state index in [0.29, 0.717) is 0 Å². The van der Waals surface area contributed by atoms with E-state index in [4.69, 9.17) is 0 Å². The van der Waals surface area contributed by atoms with E-state index < -0.39 is 18.0 Å². The zero-order valence-corrected chi connectivity index (χ0v) is 8.81. The van der Waals surface area contributed by atoms with Crippen molar-refractivity contribution in [1.82, 2.24) is 9.97 Å². The fourth-order valence-electron chi connectivity index (χ4n) is 0.762. The van der Waals surface area contributed by atoms with Crippen LogP contribution in [0.4, 0.5) is 14.6 Å². The van der Waals surface area contributed by atoms with E-state index in [0.717, 1.165) is 6.33 Å². The highest BCUT2D eigenvalue weighted by Gasteiger charge is 2.16. The van der Waals surface area contributed by atoms with Gasteiger partial charge in [-0.25, -0.2) is 13.8 Å². The van der Waals surface area contributed by atoms with Crippen molar-refractivity contribution in [2.24, 2.45) is 0 Å². The first-order valence-electron chi connectivity index (χ1n) is 3.80. The molecule has 1 aromatic rings. The highest BCUT2D eigenvalue weighted by atomic mass is 79.9. The summed E-state index contributed by atoms with van der Waals surface area (Å²) in [6, 6.07) is -1.06. The highest BCUT2D eigenvalue weighted by molar-refractivity contribution is 9.10. The number of rotatable bonds is 3. The molecule has 0 saturated heterocycles. The van der Waals surface area contributed by atoms with Gasteiger partial charge >= 0.3 is 0 Å². The summed E-state index contributed by atoms with van der Waals surface area (Å²) in [5.74, 6) is 0.113. The molecule has 1 unspecified atom stereocenters.